The molecule has 2 atom stereocenters. The van der Waals surface area contributed by atoms with Crippen LogP contribution in [0.15, 0.2) is 24.7 Å². The number of anilines is 1. The molecule has 1 aliphatic heterocycles. The van der Waals surface area contributed by atoms with Crippen molar-refractivity contribution in [1.82, 2.24) is 29.8 Å². The second kappa shape index (κ2) is 8.60. The fraction of sp³-hybridized carbons (Fsp3) is 0.409. The van der Waals surface area contributed by atoms with E-state index in [0.29, 0.717) is 5.56 Å². The number of pyridine rings is 1. The van der Waals surface area contributed by atoms with Crippen LogP contribution in [0, 0.1) is 11.7 Å². The Bertz CT molecular complexity index is 1360. The maximum Gasteiger partial charge on any atom is 0.257 e. The highest BCUT2D eigenvalue weighted by Crippen LogP contribution is 2.43. The third kappa shape index (κ3) is 4.05. The Labute approximate surface area is 201 Å². The summed E-state index contributed by atoms with van der Waals surface area (Å²) in [6.45, 7) is -0.466. The summed E-state index contributed by atoms with van der Waals surface area (Å²) in [4.78, 5) is 34.5. The van der Waals surface area contributed by atoms with Crippen LogP contribution in [0.2, 0.25) is 0 Å². The molecule has 4 heterocycles. The van der Waals surface area contributed by atoms with Gasteiger partial charge in [0.15, 0.2) is 11.6 Å². The van der Waals surface area contributed by atoms with Gasteiger partial charge in [0.25, 0.3) is 5.91 Å². The summed E-state index contributed by atoms with van der Waals surface area (Å²) >= 11 is 0. The maximum absolute atomic E-state index is 14.7. The van der Waals surface area contributed by atoms with Crippen molar-refractivity contribution in [3.8, 4) is 17.1 Å². The van der Waals surface area contributed by atoms with Crippen LogP contribution in [0.25, 0.3) is 16.8 Å². The first kappa shape index (κ1) is 23.8. The molecule has 190 valence electrons. The summed E-state index contributed by atoms with van der Waals surface area (Å²) in [7, 11) is 1.29. The molecule has 10 nitrogen and oxygen atoms in total. The summed E-state index contributed by atoms with van der Waals surface area (Å²) in [5, 5.41) is 6.52. The molecule has 36 heavy (non-hydrogen) atoms. The van der Waals surface area contributed by atoms with Crippen molar-refractivity contribution in [2.24, 2.45) is 5.92 Å². The minimum absolute atomic E-state index is 0.0467. The van der Waals surface area contributed by atoms with Crippen LogP contribution >= 0.6 is 0 Å². The lowest BCUT2D eigenvalue weighted by molar-refractivity contribution is -0.159. The highest BCUT2D eigenvalue weighted by molar-refractivity contribution is 5.98. The number of hydrogen-bond acceptors (Lipinski definition) is 7. The Balaban J connectivity index is 1.37. The van der Waals surface area contributed by atoms with Crippen LogP contribution in [0.1, 0.15) is 23.2 Å². The predicted octanol–water partition coefficient (Wildman–Crippen LogP) is 1.85. The van der Waals surface area contributed by atoms with Gasteiger partial charge in [0, 0.05) is 43.1 Å². The van der Waals surface area contributed by atoms with Gasteiger partial charge in [-0.15, -0.1) is 0 Å². The summed E-state index contributed by atoms with van der Waals surface area (Å²) in [6.07, 6.45) is -0.217. The molecule has 0 spiro atoms. The predicted molar refractivity (Wildman–Crippen MR) is 118 cm³/mol. The molecule has 3 aromatic rings. The number of nitrogens with zero attached hydrogens (tertiary/aromatic N) is 5. The summed E-state index contributed by atoms with van der Waals surface area (Å²) in [5.74, 6) is -5.83. The van der Waals surface area contributed by atoms with Crippen LogP contribution in [0.5, 0.6) is 5.88 Å². The number of carbonyl (C=O) groups is 2. The SMILES string of the molecule is COc1ncc(-c2cc(F)c3c(N)ncnn23)cc1C(=O)NC1CN(C(=O)C2CC(F)(F)C2)C[C@@H]1F. The zero-order chi connectivity index (χ0) is 25.8. The van der Waals surface area contributed by atoms with Crippen LogP contribution in [0.3, 0.4) is 0 Å². The lowest BCUT2D eigenvalue weighted by Gasteiger charge is -2.36. The zero-order valence-corrected chi connectivity index (χ0v) is 18.9. The molecule has 0 bridgehead atoms. The fourth-order valence-corrected chi connectivity index (χ4v) is 4.57. The van der Waals surface area contributed by atoms with Gasteiger partial charge >= 0.3 is 0 Å². The van der Waals surface area contributed by atoms with E-state index in [1.807, 2.05) is 0 Å². The molecule has 14 heteroatoms. The number of halogens is 4. The molecule has 3 aromatic heterocycles. The van der Waals surface area contributed by atoms with E-state index in [1.54, 1.807) is 0 Å². The van der Waals surface area contributed by atoms with Gasteiger partial charge in [-0.05, 0) is 6.07 Å². The average Bonchev–Trinajstić information content (AvgIpc) is 3.36. The first-order valence-electron chi connectivity index (χ1n) is 11.0. The molecule has 0 aromatic carbocycles. The first-order valence-corrected chi connectivity index (χ1v) is 11.0. The smallest absolute Gasteiger partial charge is 0.257 e. The van der Waals surface area contributed by atoms with E-state index in [2.05, 4.69) is 20.4 Å². The van der Waals surface area contributed by atoms with Gasteiger partial charge < -0.3 is 20.7 Å². The van der Waals surface area contributed by atoms with Crippen molar-refractivity contribution in [2.45, 2.75) is 31.0 Å². The normalized spacial score (nSPS) is 21.4. The molecular formula is C22H21F4N7O3. The molecule has 5 rings (SSSR count). The van der Waals surface area contributed by atoms with E-state index in [1.165, 1.54) is 23.9 Å². The molecule has 2 fully saturated rings. The summed E-state index contributed by atoms with van der Waals surface area (Å²) < 4.78 is 61.8. The quantitative estimate of drug-likeness (QED) is 0.505. The van der Waals surface area contributed by atoms with E-state index < -0.39 is 54.5 Å². The van der Waals surface area contributed by atoms with E-state index in [4.69, 9.17) is 10.5 Å². The molecule has 0 radical (unpaired) electrons. The van der Waals surface area contributed by atoms with Gasteiger partial charge in [-0.1, -0.05) is 0 Å². The number of methoxy groups -OCH3 is 1. The zero-order valence-electron chi connectivity index (χ0n) is 18.9. The monoisotopic (exact) mass is 507 g/mol. The number of nitrogens with two attached hydrogens (primary N) is 1. The number of likely N-dealkylation sites (tertiary alicyclic amines) is 1. The van der Waals surface area contributed by atoms with Crippen LogP contribution in [-0.4, -0.2) is 74.6 Å². The van der Waals surface area contributed by atoms with Crippen molar-refractivity contribution < 1.29 is 31.9 Å². The molecule has 1 saturated heterocycles. The van der Waals surface area contributed by atoms with E-state index in [0.717, 1.165) is 17.3 Å². The Morgan fingerprint density at radius 1 is 1.22 bits per heavy atom. The lowest BCUT2D eigenvalue weighted by atomic mass is 9.80. The van der Waals surface area contributed by atoms with Crippen molar-refractivity contribution in [3.63, 3.8) is 0 Å². The number of fused-ring (bicyclic) bond motifs is 1. The van der Waals surface area contributed by atoms with Crippen LogP contribution in [-0.2, 0) is 4.79 Å². The molecule has 3 N–H and O–H groups in total. The molecule has 1 saturated carbocycles. The van der Waals surface area contributed by atoms with Gasteiger partial charge in [-0.3, -0.25) is 9.59 Å². The van der Waals surface area contributed by atoms with Gasteiger partial charge in [0.2, 0.25) is 17.7 Å². The number of hydrogen-bond donors (Lipinski definition) is 2. The largest absolute Gasteiger partial charge is 0.480 e. The number of carbonyl (C=O) groups excluding carboxylic acids is 2. The third-order valence-corrected chi connectivity index (χ3v) is 6.44. The highest BCUT2D eigenvalue weighted by atomic mass is 19.3. The Hall–Kier alpha value is -3.97. The van der Waals surface area contributed by atoms with E-state index >= 15 is 0 Å². The topological polar surface area (TPSA) is 128 Å². The van der Waals surface area contributed by atoms with Crippen molar-refractivity contribution in [2.75, 3.05) is 25.9 Å². The highest BCUT2D eigenvalue weighted by Gasteiger charge is 2.51. The Morgan fingerprint density at radius 2 is 1.97 bits per heavy atom. The molecule has 1 aliphatic carbocycles. The van der Waals surface area contributed by atoms with Crippen LogP contribution in [0.4, 0.5) is 23.4 Å². The number of amides is 2. The minimum Gasteiger partial charge on any atom is -0.480 e. The number of nitrogens with one attached hydrogen (secondary N) is 1. The lowest BCUT2D eigenvalue weighted by Crippen LogP contribution is -2.47. The minimum atomic E-state index is -2.87. The number of nitrogen functional groups attached to an aromatic ring is 1. The van der Waals surface area contributed by atoms with Crippen LogP contribution < -0.4 is 15.8 Å². The van der Waals surface area contributed by atoms with E-state index in [-0.39, 0.29) is 41.6 Å². The van der Waals surface area contributed by atoms with Gasteiger partial charge in [-0.2, -0.15) is 5.10 Å². The fourth-order valence-electron chi connectivity index (χ4n) is 4.57. The second-order valence-electron chi connectivity index (χ2n) is 8.86. The van der Waals surface area contributed by atoms with Gasteiger partial charge in [0.1, 0.15) is 23.6 Å². The van der Waals surface area contributed by atoms with E-state index in [9.17, 15) is 27.2 Å². The first-order chi connectivity index (χ1) is 17.1. The third-order valence-electron chi connectivity index (χ3n) is 6.44. The second-order valence-corrected chi connectivity index (χ2v) is 8.86. The standard InChI is InChI=1S/C22H21F4N7O3/c1-36-20-12(2-10(6-28-20)16-3-13(23)17-18(27)29-9-30-33(16)17)19(34)31-15-8-32(7-14(15)24)21(35)11-4-22(25,26)5-11/h2-3,6,9,11,14-15H,4-5,7-8H2,1H3,(H,31,34)(H2,27,29,30)/t14-,15?/m0/s1. The molecular weight excluding hydrogens is 486 g/mol. The maximum atomic E-state index is 14.7. The van der Waals surface area contributed by atoms with Gasteiger partial charge in [0.05, 0.1) is 25.4 Å². The Kier molecular flexibility index (Phi) is 5.68. The number of alkyl halides is 3. The Morgan fingerprint density at radius 3 is 2.67 bits per heavy atom. The number of aromatic nitrogens is 4. The number of rotatable bonds is 5. The average molecular weight is 507 g/mol. The summed E-state index contributed by atoms with van der Waals surface area (Å²) in [5.41, 5.74) is 6.16. The number of ether oxygens (including phenoxy) is 1. The molecule has 2 amide bonds. The molecule has 1 unspecified atom stereocenters. The van der Waals surface area contributed by atoms with Crippen molar-refractivity contribution in [1.29, 1.82) is 0 Å². The summed E-state index contributed by atoms with van der Waals surface area (Å²) in [6, 6.07) is 1.48. The van der Waals surface area contributed by atoms with Crippen molar-refractivity contribution >= 4 is 23.1 Å². The van der Waals surface area contributed by atoms with Crippen molar-refractivity contribution in [3.05, 3.63) is 36.0 Å². The molecule has 2 aliphatic rings. The van der Waals surface area contributed by atoms with Gasteiger partial charge in [-0.25, -0.2) is 32.0 Å².